The number of aryl methyl sites for hydroxylation is 1. The lowest BCUT2D eigenvalue weighted by atomic mass is 10.1. The Morgan fingerprint density at radius 2 is 1.71 bits per heavy atom. The van der Waals surface area contributed by atoms with Crippen LogP contribution in [0.4, 0.5) is 0 Å². The van der Waals surface area contributed by atoms with Crippen LogP contribution in [0.15, 0.2) is 12.1 Å². The Balaban J connectivity index is 2.03. The largest absolute Gasteiger partial charge is 0.144 e. The second-order valence-corrected chi connectivity index (χ2v) is 6.67. The highest BCUT2D eigenvalue weighted by molar-refractivity contribution is 7.12. The first kappa shape index (κ1) is 15.0. The van der Waals surface area contributed by atoms with Crippen LogP contribution in [0.3, 0.4) is 0 Å². The van der Waals surface area contributed by atoms with E-state index in [1.807, 2.05) is 11.3 Å². The maximum atomic E-state index is 6.39. The van der Waals surface area contributed by atoms with Gasteiger partial charge in [-0.25, -0.2) is 0 Å². The molecule has 0 nitrogen and oxygen atoms in total. The van der Waals surface area contributed by atoms with Crippen molar-refractivity contribution in [2.45, 2.75) is 70.6 Å². The van der Waals surface area contributed by atoms with Crippen LogP contribution in [0.1, 0.15) is 73.4 Å². The molecule has 1 unspecified atom stereocenters. The van der Waals surface area contributed by atoms with Gasteiger partial charge in [-0.2, -0.15) is 0 Å². The first-order valence-corrected chi connectivity index (χ1v) is 8.19. The van der Waals surface area contributed by atoms with Crippen LogP contribution in [0, 0.1) is 6.92 Å². The number of hydrogen-bond acceptors (Lipinski definition) is 1. The van der Waals surface area contributed by atoms with E-state index in [4.69, 9.17) is 11.6 Å². The predicted molar refractivity (Wildman–Crippen MR) is 80.3 cm³/mol. The smallest absolute Gasteiger partial charge is 0.0678 e. The summed E-state index contributed by atoms with van der Waals surface area (Å²) in [6, 6.07) is 4.35. The summed E-state index contributed by atoms with van der Waals surface area (Å²) < 4.78 is 0. The van der Waals surface area contributed by atoms with Gasteiger partial charge in [0.05, 0.1) is 5.38 Å². The molecule has 1 atom stereocenters. The van der Waals surface area contributed by atoms with Gasteiger partial charge in [0.2, 0.25) is 0 Å². The minimum atomic E-state index is 0.240. The van der Waals surface area contributed by atoms with Crippen molar-refractivity contribution >= 4 is 22.9 Å². The van der Waals surface area contributed by atoms with E-state index in [2.05, 4.69) is 26.0 Å². The van der Waals surface area contributed by atoms with E-state index in [0.29, 0.717) is 0 Å². The predicted octanol–water partition coefficient (Wildman–Crippen LogP) is 6.48. The molecule has 1 aromatic rings. The minimum absolute atomic E-state index is 0.240. The zero-order valence-electron chi connectivity index (χ0n) is 11.2. The van der Waals surface area contributed by atoms with Crippen LogP contribution in [0.5, 0.6) is 0 Å². The SMILES string of the molecule is CCCCCCCCCC(Cl)c1ccc(C)s1. The fraction of sp³-hybridized carbons (Fsp3) is 0.733. The number of halogens is 1. The number of rotatable bonds is 9. The number of alkyl halides is 1. The second kappa shape index (κ2) is 8.99. The molecule has 2 heteroatoms. The number of unbranched alkanes of at least 4 members (excludes halogenated alkanes) is 6. The summed E-state index contributed by atoms with van der Waals surface area (Å²) >= 11 is 8.23. The quantitative estimate of drug-likeness (QED) is 0.357. The molecule has 0 fully saturated rings. The van der Waals surface area contributed by atoms with Crippen LogP contribution in [0.25, 0.3) is 0 Å². The van der Waals surface area contributed by atoms with Crippen molar-refractivity contribution in [3.63, 3.8) is 0 Å². The summed E-state index contributed by atoms with van der Waals surface area (Å²) in [5.41, 5.74) is 0. The van der Waals surface area contributed by atoms with Gasteiger partial charge in [-0.05, 0) is 25.5 Å². The minimum Gasteiger partial charge on any atom is -0.144 e. The van der Waals surface area contributed by atoms with Crippen LogP contribution in [-0.2, 0) is 0 Å². The summed E-state index contributed by atoms with van der Waals surface area (Å²) in [5, 5.41) is 0.240. The lowest BCUT2D eigenvalue weighted by molar-refractivity contribution is 0.573. The Hall–Kier alpha value is -0.0100. The molecule has 0 saturated heterocycles. The van der Waals surface area contributed by atoms with Gasteiger partial charge in [-0.1, -0.05) is 51.9 Å². The Bertz CT molecular complexity index is 293. The van der Waals surface area contributed by atoms with Crippen molar-refractivity contribution in [1.29, 1.82) is 0 Å². The molecule has 0 aliphatic heterocycles. The van der Waals surface area contributed by atoms with Crippen LogP contribution >= 0.6 is 22.9 Å². The van der Waals surface area contributed by atoms with Crippen LogP contribution in [0.2, 0.25) is 0 Å². The maximum Gasteiger partial charge on any atom is 0.0678 e. The molecule has 0 N–H and O–H groups in total. The van der Waals surface area contributed by atoms with Crippen LogP contribution < -0.4 is 0 Å². The highest BCUT2D eigenvalue weighted by atomic mass is 35.5. The Morgan fingerprint density at radius 3 is 2.29 bits per heavy atom. The zero-order valence-corrected chi connectivity index (χ0v) is 12.7. The zero-order chi connectivity index (χ0) is 12.5. The maximum absolute atomic E-state index is 6.39. The van der Waals surface area contributed by atoms with Gasteiger partial charge in [-0.15, -0.1) is 22.9 Å². The average Bonchev–Trinajstić information content (AvgIpc) is 2.74. The molecular weight excluding hydrogens is 248 g/mol. The van der Waals surface area contributed by atoms with Crippen molar-refractivity contribution in [2.75, 3.05) is 0 Å². The van der Waals surface area contributed by atoms with Gasteiger partial charge in [0, 0.05) is 9.75 Å². The van der Waals surface area contributed by atoms with E-state index in [-0.39, 0.29) is 5.38 Å². The third-order valence-corrected chi connectivity index (χ3v) is 4.83. The Kier molecular flexibility index (Phi) is 7.96. The van der Waals surface area contributed by atoms with Crippen molar-refractivity contribution in [3.05, 3.63) is 21.9 Å². The summed E-state index contributed by atoms with van der Waals surface area (Å²) in [6.45, 7) is 4.41. The molecule has 0 aliphatic rings. The lowest BCUT2D eigenvalue weighted by Gasteiger charge is -2.06. The van der Waals surface area contributed by atoms with E-state index in [9.17, 15) is 0 Å². The summed E-state index contributed by atoms with van der Waals surface area (Å²) in [5.74, 6) is 0. The van der Waals surface area contributed by atoms with Crippen molar-refractivity contribution in [2.24, 2.45) is 0 Å². The molecule has 0 amide bonds. The van der Waals surface area contributed by atoms with Crippen molar-refractivity contribution in [1.82, 2.24) is 0 Å². The fourth-order valence-electron chi connectivity index (χ4n) is 2.04. The van der Waals surface area contributed by atoms with Gasteiger partial charge in [0.15, 0.2) is 0 Å². The molecule has 1 rings (SSSR count). The molecule has 1 heterocycles. The third kappa shape index (κ3) is 6.47. The van der Waals surface area contributed by atoms with Crippen molar-refractivity contribution in [3.8, 4) is 0 Å². The van der Waals surface area contributed by atoms with Crippen molar-refractivity contribution < 1.29 is 0 Å². The lowest BCUT2D eigenvalue weighted by Crippen LogP contribution is -1.87. The molecule has 0 spiro atoms. The Morgan fingerprint density at radius 1 is 1.06 bits per heavy atom. The van der Waals surface area contributed by atoms with Gasteiger partial charge in [-0.3, -0.25) is 0 Å². The molecule has 0 saturated carbocycles. The highest BCUT2D eigenvalue weighted by Gasteiger charge is 2.09. The van der Waals surface area contributed by atoms with Gasteiger partial charge in [0.25, 0.3) is 0 Å². The summed E-state index contributed by atoms with van der Waals surface area (Å²) in [7, 11) is 0. The normalized spacial score (nSPS) is 12.9. The third-order valence-electron chi connectivity index (χ3n) is 3.13. The fourth-order valence-corrected chi connectivity index (χ4v) is 3.30. The van der Waals surface area contributed by atoms with E-state index >= 15 is 0 Å². The second-order valence-electron chi connectivity index (χ2n) is 4.83. The molecule has 98 valence electrons. The summed E-state index contributed by atoms with van der Waals surface area (Å²) in [4.78, 5) is 2.71. The highest BCUT2D eigenvalue weighted by Crippen LogP contribution is 2.31. The average molecular weight is 273 g/mol. The molecule has 17 heavy (non-hydrogen) atoms. The molecular formula is C15H25ClS. The van der Waals surface area contributed by atoms with Gasteiger partial charge >= 0.3 is 0 Å². The molecule has 0 aromatic carbocycles. The van der Waals surface area contributed by atoms with E-state index in [1.165, 1.54) is 54.7 Å². The number of hydrogen-bond donors (Lipinski definition) is 0. The summed E-state index contributed by atoms with van der Waals surface area (Å²) in [6.07, 6.45) is 10.7. The monoisotopic (exact) mass is 272 g/mol. The molecule has 0 bridgehead atoms. The topological polar surface area (TPSA) is 0 Å². The molecule has 0 aliphatic carbocycles. The van der Waals surface area contributed by atoms with E-state index in [0.717, 1.165) is 6.42 Å². The van der Waals surface area contributed by atoms with Crippen LogP contribution in [-0.4, -0.2) is 0 Å². The Labute approximate surface area is 115 Å². The first-order valence-electron chi connectivity index (χ1n) is 6.94. The number of thiophene rings is 1. The van der Waals surface area contributed by atoms with E-state index < -0.39 is 0 Å². The van der Waals surface area contributed by atoms with Gasteiger partial charge in [0.1, 0.15) is 0 Å². The molecule has 0 radical (unpaired) electrons. The standard InChI is InChI=1S/C15H25ClS/c1-3-4-5-6-7-8-9-10-14(16)15-12-11-13(2)17-15/h11-12,14H,3-10H2,1-2H3. The van der Waals surface area contributed by atoms with Gasteiger partial charge < -0.3 is 0 Å². The molecule has 1 aromatic heterocycles. The first-order chi connectivity index (χ1) is 8.24. The van der Waals surface area contributed by atoms with E-state index in [1.54, 1.807) is 0 Å².